The standard InChI is InChI=1S/C16H26N2O15P2.2K/c1-6-4-18(16(24)17-14(6)23)10-3-8(19)9(31-10)5-29-34(25,26)33-35(27,28)32-15-13(22)12(21)11(20)7(2)30-15;;/h4,7-13,15,19-22H,3,5H2,1-2H3,(H,25,26)(H,27,28)(H,17,23,24);;/q;2*+1/p-2/t7-,8-,9+,10+,11-,12+,13+,15+;;/m0../s1. The summed E-state index contributed by atoms with van der Waals surface area (Å²) in [6.45, 7) is 1.74. The van der Waals surface area contributed by atoms with Gasteiger partial charge < -0.3 is 44.2 Å². The fraction of sp³-hybridized carbons (Fsp3) is 0.750. The number of nitrogens with zero attached hydrogens (tertiary/aromatic N) is 1. The number of phosphoric acid groups is 2. The van der Waals surface area contributed by atoms with Gasteiger partial charge in [0.05, 0.1) is 18.8 Å². The minimum atomic E-state index is -5.76. The van der Waals surface area contributed by atoms with Crippen LogP contribution in [0.15, 0.2) is 15.8 Å². The van der Waals surface area contributed by atoms with Crippen LogP contribution in [0.1, 0.15) is 25.1 Å². The van der Waals surface area contributed by atoms with Gasteiger partial charge in [-0.15, -0.1) is 0 Å². The van der Waals surface area contributed by atoms with Gasteiger partial charge in [0.2, 0.25) is 0 Å². The van der Waals surface area contributed by atoms with E-state index in [0.717, 1.165) is 4.57 Å². The van der Waals surface area contributed by atoms with E-state index >= 15 is 0 Å². The Morgan fingerprint density at radius 3 is 2.32 bits per heavy atom. The van der Waals surface area contributed by atoms with Crippen LogP contribution >= 0.6 is 15.6 Å². The van der Waals surface area contributed by atoms with Gasteiger partial charge in [-0.2, -0.15) is 0 Å². The normalized spacial score (nSPS) is 35.0. The van der Waals surface area contributed by atoms with Gasteiger partial charge in [0, 0.05) is 18.2 Å². The Balaban J connectivity index is 0.00000342. The van der Waals surface area contributed by atoms with Crippen LogP contribution in [0.3, 0.4) is 0 Å². The quantitative estimate of drug-likeness (QED) is 0.133. The predicted molar refractivity (Wildman–Crippen MR) is 106 cm³/mol. The fourth-order valence-corrected chi connectivity index (χ4v) is 5.47. The molecule has 0 aliphatic carbocycles. The van der Waals surface area contributed by atoms with Crippen LogP contribution in [-0.4, -0.2) is 79.5 Å². The Morgan fingerprint density at radius 2 is 1.70 bits per heavy atom. The average Bonchev–Trinajstić information content (AvgIpc) is 3.11. The number of aromatic nitrogens is 2. The molecule has 0 aromatic carbocycles. The van der Waals surface area contributed by atoms with E-state index < -0.39 is 82.6 Å². The molecule has 2 saturated heterocycles. The van der Waals surface area contributed by atoms with Gasteiger partial charge in [-0.1, -0.05) is 0 Å². The van der Waals surface area contributed by atoms with Crippen molar-refractivity contribution < 1.29 is 165 Å². The summed E-state index contributed by atoms with van der Waals surface area (Å²) in [5.41, 5.74) is -1.28. The first-order valence-electron chi connectivity index (χ1n) is 10.1. The maximum atomic E-state index is 12.0. The van der Waals surface area contributed by atoms with Crippen molar-refractivity contribution in [3.63, 3.8) is 0 Å². The van der Waals surface area contributed by atoms with Gasteiger partial charge in [-0.3, -0.25) is 28.0 Å². The smallest absolute Gasteiger partial charge is 0.756 e. The summed E-state index contributed by atoms with van der Waals surface area (Å²) in [6, 6.07) is 0. The van der Waals surface area contributed by atoms with E-state index in [1.807, 2.05) is 4.98 Å². The molecule has 17 nitrogen and oxygen atoms in total. The van der Waals surface area contributed by atoms with Crippen molar-refractivity contribution in [1.82, 2.24) is 9.55 Å². The SMILES string of the molecule is Cc1cn([C@H]2C[C@H](O)[C@@H](COP(=O)([O-])OP(=O)([O-])O[C@H]3O[C@@H](C)[C@H](O)[C@@H](O)[C@H]3O)O2)c(=O)[nH]c1=O.[K+].[K+]. The Hall–Kier alpha value is 1.97. The Kier molecular flexibility index (Phi) is 14.9. The Labute approximate surface area is 294 Å². The third kappa shape index (κ3) is 9.76. The molecule has 0 bridgehead atoms. The van der Waals surface area contributed by atoms with Crippen molar-refractivity contribution in [3.05, 3.63) is 32.6 Å². The molecule has 5 N–H and O–H groups in total. The van der Waals surface area contributed by atoms with Gasteiger partial charge in [-0.05, 0) is 13.8 Å². The number of aryl methyl sites for hydroxylation is 1. The first kappa shape index (κ1) is 37.0. The zero-order valence-corrected chi connectivity index (χ0v) is 28.3. The maximum Gasteiger partial charge on any atom is 1.00 e. The minimum absolute atomic E-state index is 0. The summed E-state index contributed by atoms with van der Waals surface area (Å²) in [5, 5.41) is 39.2. The molecule has 37 heavy (non-hydrogen) atoms. The van der Waals surface area contributed by atoms with Crippen molar-refractivity contribution in [2.75, 3.05) is 6.61 Å². The van der Waals surface area contributed by atoms with E-state index in [-0.39, 0.29) is 115 Å². The van der Waals surface area contributed by atoms with Gasteiger partial charge in [0.25, 0.3) is 21.2 Å². The third-order valence-corrected chi connectivity index (χ3v) is 7.83. The van der Waals surface area contributed by atoms with Crippen LogP contribution in [0.2, 0.25) is 0 Å². The molecule has 2 aliphatic rings. The molecule has 21 heteroatoms. The topological polar surface area (TPSA) is 262 Å². The molecule has 3 rings (SSSR count). The molecule has 2 unspecified atom stereocenters. The molecule has 1 aromatic rings. The molecule has 2 fully saturated rings. The largest absolute Gasteiger partial charge is 1.00 e. The molecule has 0 spiro atoms. The zero-order valence-electron chi connectivity index (χ0n) is 20.2. The second-order valence-corrected chi connectivity index (χ2v) is 10.9. The van der Waals surface area contributed by atoms with Crippen LogP contribution in [-0.2, 0) is 32.0 Å². The summed E-state index contributed by atoms with van der Waals surface area (Å²) in [5.74, 6) is 0. The van der Waals surface area contributed by atoms with Crippen molar-refractivity contribution >= 4 is 15.6 Å². The molecule has 200 valence electrons. The maximum absolute atomic E-state index is 12.0. The summed E-state index contributed by atoms with van der Waals surface area (Å²) in [7, 11) is -11.4. The Morgan fingerprint density at radius 1 is 1.08 bits per heavy atom. The van der Waals surface area contributed by atoms with Crippen molar-refractivity contribution in [2.24, 2.45) is 0 Å². The molecule has 0 radical (unpaired) electrons. The van der Waals surface area contributed by atoms with E-state index in [0.29, 0.717) is 0 Å². The number of phosphoric ester groups is 2. The van der Waals surface area contributed by atoms with Crippen molar-refractivity contribution in [2.45, 2.75) is 69.4 Å². The van der Waals surface area contributed by atoms with Crippen LogP contribution in [0.4, 0.5) is 0 Å². The molecule has 0 amide bonds. The number of rotatable bonds is 8. The molecule has 3 heterocycles. The Bertz CT molecular complexity index is 1130. The van der Waals surface area contributed by atoms with E-state index in [2.05, 4.69) is 13.4 Å². The van der Waals surface area contributed by atoms with E-state index in [1.165, 1.54) is 20.0 Å². The zero-order chi connectivity index (χ0) is 26.3. The number of aliphatic hydroxyl groups is 4. The first-order chi connectivity index (χ1) is 16.1. The van der Waals surface area contributed by atoms with Gasteiger partial charge >= 0.3 is 108 Å². The van der Waals surface area contributed by atoms with E-state index in [9.17, 15) is 48.9 Å². The predicted octanol–water partition coefficient (Wildman–Crippen LogP) is -9.68. The van der Waals surface area contributed by atoms with Gasteiger partial charge in [0.15, 0.2) is 6.29 Å². The number of aliphatic hydroxyl groups excluding tert-OH is 4. The number of hydrogen-bond acceptors (Lipinski definition) is 15. The summed E-state index contributed by atoms with van der Waals surface area (Å²) >= 11 is 0. The van der Waals surface area contributed by atoms with Crippen LogP contribution in [0.25, 0.3) is 0 Å². The van der Waals surface area contributed by atoms with Crippen LogP contribution < -0.4 is 124 Å². The van der Waals surface area contributed by atoms with Crippen LogP contribution in [0, 0.1) is 6.92 Å². The number of nitrogens with one attached hydrogen (secondary N) is 1. The second kappa shape index (κ2) is 14.9. The monoisotopic (exact) mass is 624 g/mol. The molecular formula is C16H24K2N2O15P2. The van der Waals surface area contributed by atoms with Gasteiger partial charge in [-0.25, -0.2) is 9.11 Å². The van der Waals surface area contributed by atoms with Crippen molar-refractivity contribution in [3.8, 4) is 0 Å². The summed E-state index contributed by atoms with van der Waals surface area (Å²) in [6.07, 6.45) is -11.5. The molecule has 1 aromatic heterocycles. The molecule has 10 atom stereocenters. The number of ether oxygens (including phenoxy) is 2. The van der Waals surface area contributed by atoms with Crippen molar-refractivity contribution in [1.29, 1.82) is 0 Å². The van der Waals surface area contributed by atoms with E-state index in [1.54, 1.807) is 0 Å². The molecule has 2 aliphatic heterocycles. The number of aromatic amines is 1. The minimum Gasteiger partial charge on any atom is -0.756 e. The van der Waals surface area contributed by atoms with E-state index in [4.69, 9.17) is 9.47 Å². The second-order valence-electron chi connectivity index (χ2n) is 7.97. The number of H-pyrrole nitrogens is 1. The molecule has 0 saturated carbocycles. The first-order valence-corrected chi connectivity index (χ1v) is 13.0. The summed E-state index contributed by atoms with van der Waals surface area (Å²) < 4.78 is 48.0. The molecular weight excluding hydrogens is 600 g/mol. The van der Waals surface area contributed by atoms with Crippen LogP contribution in [0.5, 0.6) is 0 Å². The third-order valence-electron chi connectivity index (χ3n) is 5.30. The fourth-order valence-electron chi connectivity index (χ4n) is 3.39. The van der Waals surface area contributed by atoms with Gasteiger partial charge in [0.1, 0.15) is 30.6 Å². The number of hydrogen-bond donors (Lipinski definition) is 5. The summed E-state index contributed by atoms with van der Waals surface area (Å²) in [4.78, 5) is 49.5. The average molecular weight is 625 g/mol.